The minimum Gasteiger partial charge on any atom is -0.357 e. The summed E-state index contributed by atoms with van der Waals surface area (Å²) >= 11 is 0. The molecule has 0 aliphatic heterocycles. The number of halogens is 4. The van der Waals surface area contributed by atoms with Crippen molar-refractivity contribution in [3.8, 4) is 11.3 Å². The van der Waals surface area contributed by atoms with Crippen LogP contribution in [0, 0.1) is 23.3 Å². The minimum absolute atomic E-state index is 0.131. The molecule has 3 aromatic rings. The van der Waals surface area contributed by atoms with Gasteiger partial charge in [-0.05, 0) is 0 Å². The standard InChI is InChI=1S/C17H13F4N5/c1-22-17-23-12(9-5-3-2-4-6-9)8-13(24-17)25-26-16-14(20)10(18)7-11(19)15(16)21/h2-8,26H,1H3,(H2,22,23,24,25). The molecule has 1 heterocycles. The molecule has 0 unspecified atom stereocenters. The lowest BCUT2D eigenvalue weighted by Gasteiger charge is -2.13. The second-order valence-corrected chi connectivity index (χ2v) is 5.17. The van der Waals surface area contributed by atoms with Gasteiger partial charge in [-0.15, -0.1) is 0 Å². The van der Waals surface area contributed by atoms with Crippen LogP contribution >= 0.6 is 0 Å². The summed E-state index contributed by atoms with van der Waals surface area (Å²) in [6.07, 6.45) is 0. The highest BCUT2D eigenvalue weighted by molar-refractivity contribution is 5.65. The van der Waals surface area contributed by atoms with Crippen LogP contribution in [0.1, 0.15) is 0 Å². The van der Waals surface area contributed by atoms with Crippen LogP contribution in [-0.4, -0.2) is 17.0 Å². The fourth-order valence-corrected chi connectivity index (χ4v) is 2.19. The molecule has 0 aliphatic rings. The quantitative estimate of drug-likeness (QED) is 0.361. The van der Waals surface area contributed by atoms with Gasteiger partial charge in [0.25, 0.3) is 0 Å². The van der Waals surface area contributed by atoms with Gasteiger partial charge < -0.3 is 5.32 Å². The van der Waals surface area contributed by atoms with Crippen LogP contribution in [0.3, 0.4) is 0 Å². The van der Waals surface area contributed by atoms with E-state index in [2.05, 4.69) is 26.1 Å². The smallest absolute Gasteiger partial charge is 0.225 e. The SMILES string of the molecule is CNc1nc(NNc2c(F)c(F)cc(F)c2F)cc(-c2ccccc2)n1. The normalized spacial score (nSPS) is 10.5. The predicted octanol–water partition coefficient (Wildman–Crippen LogP) is 4.18. The van der Waals surface area contributed by atoms with Crippen molar-refractivity contribution in [1.82, 2.24) is 9.97 Å². The zero-order valence-corrected chi connectivity index (χ0v) is 13.4. The molecule has 134 valence electrons. The van der Waals surface area contributed by atoms with E-state index in [0.717, 1.165) is 5.56 Å². The van der Waals surface area contributed by atoms with Crippen molar-refractivity contribution < 1.29 is 17.6 Å². The van der Waals surface area contributed by atoms with Crippen LogP contribution in [0.2, 0.25) is 0 Å². The molecule has 9 heteroatoms. The molecule has 0 amide bonds. The first kappa shape index (κ1) is 17.5. The fraction of sp³-hybridized carbons (Fsp3) is 0.0588. The summed E-state index contributed by atoms with van der Waals surface area (Å²) in [5.41, 5.74) is 4.86. The van der Waals surface area contributed by atoms with Crippen molar-refractivity contribution in [3.63, 3.8) is 0 Å². The zero-order valence-electron chi connectivity index (χ0n) is 13.4. The van der Waals surface area contributed by atoms with Gasteiger partial charge in [-0.1, -0.05) is 30.3 Å². The Kier molecular flexibility index (Phi) is 4.87. The summed E-state index contributed by atoms with van der Waals surface area (Å²) < 4.78 is 53.9. The van der Waals surface area contributed by atoms with E-state index in [-0.39, 0.29) is 17.8 Å². The van der Waals surface area contributed by atoms with Gasteiger partial charge in [0.1, 0.15) is 5.69 Å². The molecule has 3 N–H and O–H groups in total. The van der Waals surface area contributed by atoms with Crippen molar-refractivity contribution in [2.24, 2.45) is 0 Å². The summed E-state index contributed by atoms with van der Waals surface area (Å²) in [4.78, 5) is 8.35. The molecule has 3 rings (SSSR count). The Morgan fingerprint density at radius 1 is 0.808 bits per heavy atom. The van der Waals surface area contributed by atoms with Crippen molar-refractivity contribution in [2.75, 3.05) is 23.2 Å². The lowest BCUT2D eigenvalue weighted by atomic mass is 10.1. The Bertz CT molecular complexity index is 908. The van der Waals surface area contributed by atoms with Gasteiger partial charge in [-0.25, -0.2) is 22.5 Å². The number of hydrazine groups is 1. The highest BCUT2D eigenvalue weighted by atomic mass is 19.2. The first-order chi connectivity index (χ1) is 12.5. The van der Waals surface area contributed by atoms with Crippen LogP contribution in [0.15, 0.2) is 42.5 Å². The highest BCUT2D eigenvalue weighted by Crippen LogP contribution is 2.25. The number of nitrogens with one attached hydrogen (secondary N) is 3. The average molecular weight is 363 g/mol. The van der Waals surface area contributed by atoms with Crippen molar-refractivity contribution in [3.05, 3.63) is 65.7 Å². The van der Waals surface area contributed by atoms with Crippen LogP contribution < -0.4 is 16.2 Å². The fourth-order valence-electron chi connectivity index (χ4n) is 2.19. The second-order valence-electron chi connectivity index (χ2n) is 5.17. The van der Waals surface area contributed by atoms with E-state index in [1.807, 2.05) is 30.3 Å². The molecule has 1 aromatic heterocycles. The summed E-state index contributed by atoms with van der Waals surface area (Å²) in [6.45, 7) is 0. The molecular weight excluding hydrogens is 350 g/mol. The lowest BCUT2D eigenvalue weighted by molar-refractivity contribution is 0.459. The largest absolute Gasteiger partial charge is 0.357 e. The number of benzene rings is 2. The Labute approximate surface area is 146 Å². The third-order valence-electron chi connectivity index (χ3n) is 3.45. The first-order valence-electron chi connectivity index (χ1n) is 7.47. The number of hydrogen-bond donors (Lipinski definition) is 3. The maximum atomic E-state index is 13.7. The van der Waals surface area contributed by atoms with Gasteiger partial charge in [-0.3, -0.25) is 10.9 Å². The van der Waals surface area contributed by atoms with E-state index in [1.54, 1.807) is 7.05 Å². The van der Waals surface area contributed by atoms with E-state index in [1.165, 1.54) is 6.07 Å². The molecule has 0 bridgehead atoms. The molecule has 5 nitrogen and oxygen atoms in total. The van der Waals surface area contributed by atoms with Gasteiger partial charge >= 0.3 is 0 Å². The second kappa shape index (κ2) is 7.26. The lowest BCUT2D eigenvalue weighted by Crippen LogP contribution is -2.15. The summed E-state index contributed by atoms with van der Waals surface area (Å²) in [5, 5.41) is 2.76. The van der Waals surface area contributed by atoms with Gasteiger partial charge in [-0.2, -0.15) is 4.98 Å². The minimum atomic E-state index is -1.55. The molecule has 0 saturated carbocycles. The van der Waals surface area contributed by atoms with Crippen molar-refractivity contribution in [1.29, 1.82) is 0 Å². The van der Waals surface area contributed by atoms with Gasteiger partial charge in [0, 0.05) is 24.7 Å². The molecule has 0 aliphatic carbocycles. The summed E-state index contributed by atoms with van der Waals surface area (Å²) in [5.74, 6) is -5.77. The van der Waals surface area contributed by atoms with Crippen LogP contribution in [0.25, 0.3) is 11.3 Å². The molecular formula is C17H13F4N5. The molecule has 0 atom stereocenters. The molecule has 0 spiro atoms. The van der Waals surface area contributed by atoms with Crippen molar-refractivity contribution >= 4 is 17.5 Å². The number of anilines is 3. The maximum absolute atomic E-state index is 13.7. The number of aromatic nitrogens is 2. The Morgan fingerprint density at radius 2 is 1.46 bits per heavy atom. The number of nitrogens with zero attached hydrogens (tertiary/aromatic N) is 2. The Balaban J connectivity index is 1.92. The van der Waals surface area contributed by atoms with Crippen LogP contribution in [0.4, 0.5) is 35.0 Å². The summed E-state index contributed by atoms with van der Waals surface area (Å²) in [6, 6.07) is 10.8. The molecule has 2 aromatic carbocycles. The van der Waals surface area contributed by atoms with E-state index in [4.69, 9.17) is 0 Å². The Hall–Kier alpha value is -3.36. The van der Waals surface area contributed by atoms with Crippen LogP contribution in [-0.2, 0) is 0 Å². The van der Waals surface area contributed by atoms with E-state index in [9.17, 15) is 17.6 Å². The topological polar surface area (TPSA) is 61.9 Å². The number of hydrogen-bond acceptors (Lipinski definition) is 5. The zero-order chi connectivity index (χ0) is 18.7. The molecule has 0 saturated heterocycles. The first-order valence-corrected chi connectivity index (χ1v) is 7.47. The highest BCUT2D eigenvalue weighted by Gasteiger charge is 2.19. The third-order valence-corrected chi connectivity index (χ3v) is 3.45. The van der Waals surface area contributed by atoms with Crippen LogP contribution in [0.5, 0.6) is 0 Å². The predicted molar refractivity (Wildman–Crippen MR) is 90.5 cm³/mol. The molecule has 0 fully saturated rings. The monoisotopic (exact) mass is 363 g/mol. The molecule has 0 radical (unpaired) electrons. The maximum Gasteiger partial charge on any atom is 0.225 e. The average Bonchev–Trinajstić information content (AvgIpc) is 2.67. The number of rotatable bonds is 5. The van der Waals surface area contributed by atoms with Gasteiger partial charge in [0.05, 0.1) is 5.69 Å². The van der Waals surface area contributed by atoms with Crippen molar-refractivity contribution in [2.45, 2.75) is 0 Å². The van der Waals surface area contributed by atoms with Gasteiger partial charge in [0.2, 0.25) is 5.95 Å². The molecule has 26 heavy (non-hydrogen) atoms. The summed E-state index contributed by atoms with van der Waals surface area (Å²) in [7, 11) is 1.60. The van der Waals surface area contributed by atoms with E-state index in [0.29, 0.717) is 5.69 Å². The van der Waals surface area contributed by atoms with E-state index >= 15 is 0 Å². The Morgan fingerprint density at radius 3 is 2.08 bits per heavy atom. The van der Waals surface area contributed by atoms with E-state index < -0.39 is 29.0 Å². The third kappa shape index (κ3) is 3.51. The van der Waals surface area contributed by atoms with Gasteiger partial charge in [0.15, 0.2) is 29.1 Å².